The average molecular weight is 447 g/mol. The summed E-state index contributed by atoms with van der Waals surface area (Å²) >= 11 is 2.24. The predicted octanol–water partition coefficient (Wildman–Crippen LogP) is 4.95. The number of carbonyl (C=O) groups is 1. The number of furan rings is 1. The maximum Gasteiger partial charge on any atom is 0.287 e. The lowest BCUT2D eigenvalue weighted by Gasteiger charge is -2.13. The molecule has 128 valence electrons. The maximum absolute atomic E-state index is 12.3. The normalized spacial score (nSPS) is 11.8. The Morgan fingerprint density at radius 3 is 2.52 bits per heavy atom. The Morgan fingerprint density at radius 2 is 1.80 bits per heavy atom. The first-order valence-corrected chi connectivity index (χ1v) is 9.02. The van der Waals surface area contributed by atoms with Crippen molar-refractivity contribution in [1.29, 1.82) is 0 Å². The molecule has 4 nitrogen and oxygen atoms in total. The van der Waals surface area contributed by atoms with E-state index in [4.69, 9.17) is 9.15 Å². The molecule has 1 atom stereocenters. The summed E-state index contributed by atoms with van der Waals surface area (Å²) in [6.45, 7) is 2.22. The first-order chi connectivity index (χ1) is 12.1. The van der Waals surface area contributed by atoms with Gasteiger partial charge in [0.15, 0.2) is 5.76 Å². The summed E-state index contributed by atoms with van der Waals surface area (Å²) in [4.78, 5) is 12.3. The van der Waals surface area contributed by atoms with Crippen molar-refractivity contribution in [1.82, 2.24) is 5.32 Å². The van der Waals surface area contributed by atoms with E-state index in [9.17, 15) is 4.79 Å². The molecule has 0 spiro atoms. The van der Waals surface area contributed by atoms with Gasteiger partial charge >= 0.3 is 0 Å². The van der Waals surface area contributed by atoms with Gasteiger partial charge in [0.25, 0.3) is 5.91 Å². The molecule has 0 saturated carbocycles. The number of ether oxygens (including phenoxy) is 1. The minimum Gasteiger partial charge on any atom is -0.486 e. The van der Waals surface area contributed by atoms with Crippen LogP contribution in [0, 0.1) is 3.57 Å². The van der Waals surface area contributed by atoms with Crippen molar-refractivity contribution in [2.24, 2.45) is 0 Å². The highest BCUT2D eigenvalue weighted by atomic mass is 127. The number of hydrogen-bond acceptors (Lipinski definition) is 3. The smallest absolute Gasteiger partial charge is 0.287 e. The maximum atomic E-state index is 12.3. The van der Waals surface area contributed by atoms with Gasteiger partial charge in [-0.25, -0.2) is 0 Å². The lowest BCUT2D eigenvalue weighted by molar-refractivity contribution is 0.0907. The monoisotopic (exact) mass is 447 g/mol. The van der Waals surface area contributed by atoms with E-state index in [1.165, 1.54) is 0 Å². The summed E-state index contributed by atoms with van der Waals surface area (Å²) in [5, 5.41) is 2.93. The lowest BCUT2D eigenvalue weighted by atomic mass is 10.1. The lowest BCUT2D eigenvalue weighted by Crippen LogP contribution is -2.26. The Hall–Kier alpha value is -2.28. The molecule has 0 bridgehead atoms. The van der Waals surface area contributed by atoms with Crippen LogP contribution >= 0.6 is 22.6 Å². The van der Waals surface area contributed by atoms with Crippen molar-refractivity contribution in [3.8, 4) is 5.75 Å². The molecule has 1 heterocycles. The van der Waals surface area contributed by atoms with E-state index in [2.05, 4.69) is 27.9 Å². The van der Waals surface area contributed by atoms with Gasteiger partial charge in [-0.15, -0.1) is 0 Å². The molecule has 0 radical (unpaired) electrons. The van der Waals surface area contributed by atoms with Gasteiger partial charge in [-0.3, -0.25) is 4.79 Å². The molecule has 1 aromatic heterocycles. The zero-order valence-electron chi connectivity index (χ0n) is 13.7. The average Bonchev–Trinajstić information content (AvgIpc) is 3.11. The summed E-state index contributed by atoms with van der Waals surface area (Å²) in [6.07, 6.45) is 0. The van der Waals surface area contributed by atoms with Crippen LogP contribution in [0.25, 0.3) is 0 Å². The minimum absolute atomic E-state index is 0.0923. The molecule has 0 aliphatic carbocycles. The van der Waals surface area contributed by atoms with Crippen LogP contribution in [-0.2, 0) is 6.61 Å². The SMILES string of the molecule is CC(NC(=O)c1ccc(COc2ccc(I)cc2)o1)c1ccccc1. The van der Waals surface area contributed by atoms with Gasteiger partial charge in [0.05, 0.1) is 6.04 Å². The van der Waals surface area contributed by atoms with E-state index in [1.807, 2.05) is 61.5 Å². The molecule has 3 aromatic rings. The second kappa shape index (κ2) is 8.20. The molecular formula is C20H18INO3. The van der Waals surface area contributed by atoms with Crippen molar-refractivity contribution in [3.05, 3.63) is 87.4 Å². The van der Waals surface area contributed by atoms with E-state index >= 15 is 0 Å². The van der Waals surface area contributed by atoms with Gasteiger partial charge < -0.3 is 14.5 Å². The van der Waals surface area contributed by atoms with Crippen LogP contribution in [0.5, 0.6) is 5.75 Å². The fourth-order valence-corrected chi connectivity index (χ4v) is 2.72. The first-order valence-electron chi connectivity index (χ1n) is 7.95. The third-order valence-electron chi connectivity index (χ3n) is 3.73. The highest BCUT2D eigenvalue weighted by Crippen LogP contribution is 2.17. The van der Waals surface area contributed by atoms with Crippen LogP contribution in [-0.4, -0.2) is 5.91 Å². The van der Waals surface area contributed by atoms with Crippen LogP contribution in [0.15, 0.2) is 71.1 Å². The molecule has 0 fully saturated rings. The van der Waals surface area contributed by atoms with Crippen LogP contribution in [0.3, 0.4) is 0 Å². The highest BCUT2D eigenvalue weighted by molar-refractivity contribution is 14.1. The van der Waals surface area contributed by atoms with Crippen LogP contribution in [0.1, 0.15) is 34.8 Å². The molecule has 3 rings (SSSR count). The second-order valence-corrected chi connectivity index (χ2v) is 6.86. The number of nitrogens with one attached hydrogen (secondary N) is 1. The molecular weight excluding hydrogens is 429 g/mol. The number of halogens is 1. The zero-order chi connectivity index (χ0) is 17.6. The van der Waals surface area contributed by atoms with E-state index in [0.29, 0.717) is 5.76 Å². The third kappa shape index (κ3) is 4.85. The molecule has 1 amide bonds. The van der Waals surface area contributed by atoms with Crippen LogP contribution in [0.2, 0.25) is 0 Å². The largest absolute Gasteiger partial charge is 0.486 e. The Balaban J connectivity index is 1.57. The van der Waals surface area contributed by atoms with Crippen LogP contribution in [0.4, 0.5) is 0 Å². The van der Waals surface area contributed by atoms with Crippen molar-refractivity contribution in [2.75, 3.05) is 0 Å². The number of hydrogen-bond donors (Lipinski definition) is 1. The summed E-state index contributed by atoms with van der Waals surface area (Å²) in [5.74, 6) is 1.41. The Morgan fingerprint density at radius 1 is 1.08 bits per heavy atom. The van der Waals surface area contributed by atoms with E-state index in [0.717, 1.165) is 14.9 Å². The van der Waals surface area contributed by atoms with Crippen LogP contribution < -0.4 is 10.1 Å². The Kier molecular flexibility index (Phi) is 5.75. The van der Waals surface area contributed by atoms with Gasteiger partial charge in [-0.05, 0) is 71.5 Å². The van der Waals surface area contributed by atoms with Gasteiger partial charge in [0.2, 0.25) is 0 Å². The zero-order valence-corrected chi connectivity index (χ0v) is 15.9. The number of amides is 1. The van der Waals surface area contributed by atoms with Gasteiger partial charge in [-0.1, -0.05) is 30.3 Å². The van der Waals surface area contributed by atoms with Crippen molar-refractivity contribution in [2.45, 2.75) is 19.6 Å². The quantitative estimate of drug-likeness (QED) is 0.544. The molecule has 0 aliphatic rings. The number of carbonyl (C=O) groups excluding carboxylic acids is 1. The Labute approximate surface area is 160 Å². The summed E-state index contributed by atoms with van der Waals surface area (Å²) in [6, 6.07) is 20.9. The molecule has 1 unspecified atom stereocenters. The molecule has 0 aliphatic heterocycles. The van der Waals surface area contributed by atoms with Gasteiger partial charge in [0.1, 0.15) is 18.1 Å². The highest BCUT2D eigenvalue weighted by Gasteiger charge is 2.15. The summed E-state index contributed by atoms with van der Waals surface area (Å²) < 4.78 is 12.4. The fraction of sp³-hybridized carbons (Fsp3) is 0.150. The molecule has 2 aromatic carbocycles. The minimum atomic E-state index is -0.239. The number of benzene rings is 2. The summed E-state index contributed by atoms with van der Waals surface area (Å²) in [7, 11) is 0. The van der Waals surface area contributed by atoms with E-state index in [1.54, 1.807) is 12.1 Å². The second-order valence-electron chi connectivity index (χ2n) is 5.61. The van der Waals surface area contributed by atoms with Crippen molar-refractivity contribution >= 4 is 28.5 Å². The molecule has 25 heavy (non-hydrogen) atoms. The van der Waals surface area contributed by atoms with E-state index in [-0.39, 0.29) is 24.3 Å². The third-order valence-corrected chi connectivity index (χ3v) is 4.45. The standard InChI is InChI=1S/C20H18INO3/c1-14(15-5-3-2-4-6-15)22-20(23)19-12-11-18(25-19)13-24-17-9-7-16(21)8-10-17/h2-12,14H,13H2,1H3,(H,22,23). The fourth-order valence-electron chi connectivity index (χ4n) is 2.36. The van der Waals surface area contributed by atoms with Crippen molar-refractivity contribution < 1.29 is 13.9 Å². The number of rotatable bonds is 6. The van der Waals surface area contributed by atoms with Crippen molar-refractivity contribution in [3.63, 3.8) is 0 Å². The first kappa shape index (κ1) is 17.5. The van der Waals surface area contributed by atoms with E-state index < -0.39 is 0 Å². The molecule has 5 heteroatoms. The van der Waals surface area contributed by atoms with Gasteiger partial charge in [0, 0.05) is 3.57 Å². The Bertz CT molecular complexity index is 828. The topological polar surface area (TPSA) is 51.5 Å². The predicted molar refractivity (Wildman–Crippen MR) is 105 cm³/mol. The molecule has 0 saturated heterocycles. The molecule has 1 N–H and O–H groups in total. The summed E-state index contributed by atoms with van der Waals surface area (Å²) in [5.41, 5.74) is 1.05. The van der Waals surface area contributed by atoms with Gasteiger partial charge in [-0.2, -0.15) is 0 Å².